The van der Waals surface area contributed by atoms with Crippen LogP contribution in [0.25, 0.3) is 11.1 Å². The molecule has 2 aliphatic heterocycles. The van der Waals surface area contributed by atoms with E-state index in [0.29, 0.717) is 36.2 Å². The minimum atomic E-state index is -4.50. The van der Waals surface area contributed by atoms with E-state index < -0.39 is 11.7 Å². The number of halogens is 4. The molecule has 2 heterocycles. The first-order chi connectivity index (χ1) is 13.2. The van der Waals surface area contributed by atoms with Crippen LogP contribution >= 0.6 is 11.6 Å². The number of benzene rings is 2. The number of rotatable bonds is 2. The van der Waals surface area contributed by atoms with Gasteiger partial charge in [0.2, 0.25) is 5.91 Å². The molecule has 2 saturated heterocycles. The largest absolute Gasteiger partial charge is 0.417 e. The highest BCUT2D eigenvalue weighted by Crippen LogP contribution is 2.37. The molecule has 2 aromatic rings. The number of nitrogens with zero attached hydrogens (tertiary/aromatic N) is 1. The highest BCUT2D eigenvalue weighted by molar-refractivity contribution is 6.31. The second-order valence-electron chi connectivity index (χ2n) is 7.26. The first-order valence-electron chi connectivity index (χ1n) is 8.74. The molecule has 1 spiro atoms. The van der Waals surface area contributed by atoms with Crippen LogP contribution in [0.15, 0.2) is 42.5 Å². The molecule has 0 aliphatic carbocycles. The maximum absolute atomic E-state index is 12.8. The van der Waals surface area contributed by atoms with Gasteiger partial charge < -0.3 is 10.2 Å². The summed E-state index contributed by atoms with van der Waals surface area (Å²) in [7, 11) is 0. The molecule has 0 bridgehead atoms. The van der Waals surface area contributed by atoms with Crippen LogP contribution in [-0.4, -0.2) is 35.3 Å². The summed E-state index contributed by atoms with van der Waals surface area (Å²) in [5.74, 6) is -0.115. The Hall–Kier alpha value is -2.54. The van der Waals surface area contributed by atoms with Gasteiger partial charge >= 0.3 is 6.18 Å². The predicted octanol–water partition coefficient (Wildman–Crippen LogP) is 4.13. The van der Waals surface area contributed by atoms with Crippen molar-refractivity contribution >= 4 is 23.4 Å². The van der Waals surface area contributed by atoms with Crippen LogP contribution in [0.4, 0.5) is 13.2 Å². The van der Waals surface area contributed by atoms with Gasteiger partial charge in [-0.1, -0.05) is 29.8 Å². The van der Waals surface area contributed by atoms with Crippen molar-refractivity contribution in [2.24, 2.45) is 0 Å². The maximum Gasteiger partial charge on any atom is 0.417 e. The molecule has 8 heteroatoms. The number of amides is 2. The molecule has 1 N–H and O–H groups in total. The Balaban J connectivity index is 1.47. The Morgan fingerprint density at radius 3 is 2.25 bits per heavy atom. The van der Waals surface area contributed by atoms with Crippen molar-refractivity contribution in [1.29, 1.82) is 0 Å². The molecular weight excluding hydrogens is 393 g/mol. The number of alkyl halides is 3. The van der Waals surface area contributed by atoms with Gasteiger partial charge in [-0.05, 0) is 41.8 Å². The Morgan fingerprint density at radius 1 is 1.07 bits per heavy atom. The van der Waals surface area contributed by atoms with E-state index in [1.807, 2.05) is 0 Å². The van der Waals surface area contributed by atoms with Gasteiger partial charge in [-0.3, -0.25) is 9.59 Å². The minimum absolute atomic E-state index is 0.0201. The Morgan fingerprint density at radius 2 is 1.71 bits per heavy atom. The summed E-state index contributed by atoms with van der Waals surface area (Å²) < 4.78 is 38.5. The van der Waals surface area contributed by atoms with Crippen molar-refractivity contribution in [2.45, 2.75) is 24.6 Å². The van der Waals surface area contributed by atoms with Crippen molar-refractivity contribution in [3.63, 3.8) is 0 Å². The molecule has 0 aromatic heterocycles. The van der Waals surface area contributed by atoms with Gasteiger partial charge in [0, 0.05) is 25.1 Å². The lowest BCUT2D eigenvalue weighted by atomic mass is 9.87. The Kier molecular flexibility index (Phi) is 4.38. The minimum Gasteiger partial charge on any atom is -0.347 e. The number of carbonyl (C=O) groups is 2. The summed E-state index contributed by atoms with van der Waals surface area (Å²) in [6.07, 6.45) is -3.27. The van der Waals surface area contributed by atoms with E-state index in [1.165, 1.54) is 12.1 Å². The molecule has 4 rings (SSSR count). The number of nitrogens with one attached hydrogen (secondary N) is 1. The molecule has 2 fully saturated rings. The second kappa shape index (κ2) is 6.51. The van der Waals surface area contributed by atoms with Crippen molar-refractivity contribution in [3.05, 3.63) is 58.6 Å². The number of hydrogen-bond donors (Lipinski definition) is 1. The van der Waals surface area contributed by atoms with E-state index in [9.17, 15) is 22.8 Å². The number of carbonyl (C=O) groups excluding carboxylic acids is 2. The fourth-order valence-corrected chi connectivity index (χ4v) is 4.04. The summed E-state index contributed by atoms with van der Waals surface area (Å²) in [6, 6.07) is 10.2. The average Bonchev–Trinajstić information content (AvgIpc) is 3.01. The van der Waals surface area contributed by atoms with E-state index in [2.05, 4.69) is 5.32 Å². The first kappa shape index (κ1) is 18.8. The zero-order chi connectivity index (χ0) is 20.1. The van der Waals surface area contributed by atoms with Crippen LogP contribution in [0, 0.1) is 0 Å². The summed E-state index contributed by atoms with van der Waals surface area (Å²) in [5, 5.41) is 2.56. The monoisotopic (exact) mass is 408 g/mol. The molecule has 0 atom stereocenters. The van der Waals surface area contributed by atoms with Crippen LogP contribution < -0.4 is 5.32 Å². The highest BCUT2D eigenvalue weighted by atomic mass is 35.5. The third-order valence-electron chi connectivity index (χ3n) is 5.25. The van der Waals surface area contributed by atoms with Crippen molar-refractivity contribution in [2.75, 3.05) is 13.1 Å². The maximum atomic E-state index is 12.8. The van der Waals surface area contributed by atoms with Crippen LogP contribution in [0.5, 0.6) is 0 Å². The second-order valence-corrected chi connectivity index (χ2v) is 7.67. The van der Waals surface area contributed by atoms with Crippen LogP contribution in [-0.2, 0) is 11.0 Å². The highest BCUT2D eigenvalue weighted by Gasteiger charge is 2.49. The van der Waals surface area contributed by atoms with Gasteiger partial charge in [-0.15, -0.1) is 0 Å². The first-order valence-corrected chi connectivity index (χ1v) is 9.12. The molecule has 4 nitrogen and oxygen atoms in total. The number of likely N-dealkylation sites (tertiary alicyclic amines) is 1. The van der Waals surface area contributed by atoms with Gasteiger partial charge in [0.1, 0.15) is 0 Å². The Labute approximate surface area is 164 Å². The summed E-state index contributed by atoms with van der Waals surface area (Å²) in [5.41, 5.74) is 0.532. The number of hydrogen-bond acceptors (Lipinski definition) is 2. The van der Waals surface area contributed by atoms with E-state index >= 15 is 0 Å². The van der Waals surface area contributed by atoms with Crippen molar-refractivity contribution in [1.82, 2.24) is 10.2 Å². The molecule has 2 amide bonds. The van der Waals surface area contributed by atoms with Gasteiger partial charge in [0.05, 0.1) is 16.1 Å². The predicted molar refractivity (Wildman–Crippen MR) is 97.9 cm³/mol. The van der Waals surface area contributed by atoms with Gasteiger partial charge in [0.25, 0.3) is 5.91 Å². The standard InChI is InChI=1S/C20H16ClF3N2O2/c21-16-9-14(5-6-15(16)20(22,23)24)12-1-3-13(4-2-12)18(28)26-10-19(11-26)8-7-17(27)25-19/h1-6,9H,7-8,10-11H2,(H,25,27). The summed E-state index contributed by atoms with van der Waals surface area (Å²) in [4.78, 5) is 25.6. The zero-order valence-corrected chi connectivity index (χ0v) is 15.4. The van der Waals surface area contributed by atoms with Gasteiger partial charge in [-0.25, -0.2) is 0 Å². The molecule has 146 valence electrons. The molecule has 2 aliphatic rings. The molecule has 28 heavy (non-hydrogen) atoms. The van der Waals surface area contributed by atoms with Gasteiger partial charge in [0.15, 0.2) is 0 Å². The topological polar surface area (TPSA) is 49.4 Å². The van der Waals surface area contributed by atoms with E-state index in [1.54, 1.807) is 29.2 Å². The third kappa shape index (κ3) is 3.35. The van der Waals surface area contributed by atoms with E-state index in [0.717, 1.165) is 12.5 Å². The quantitative estimate of drug-likeness (QED) is 0.812. The lowest BCUT2D eigenvalue weighted by Gasteiger charge is -2.47. The van der Waals surface area contributed by atoms with Crippen LogP contribution in [0.1, 0.15) is 28.8 Å². The molecule has 0 saturated carbocycles. The molecule has 0 radical (unpaired) electrons. The molecular formula is C20H16ClF3N2O2. The molecule has 0 unspecified atom stereocenters. The van der Waals surface area contributed by atoms with Crippen LogP contribution in [0.2, 0.25) is 5.02 Å². The SMILES string of the molecule is O=C1CCC2(CN(C(=O)c3ccc(-c4ccc(C(F)(F)F)c(Cl)c4)cc3)C2)N1. The van der Waals surface area contributed by atoms with Crippen LogP contribution in [0.3, 0.4) is 0 Å². The average molecular weight is 409 g/mol. The normalized spacial score (nSPS) is 18.1. The van der Waals surface area contributed by atoms with Gasteiger partial charge in [-0.2, -0.15) is 13.2 Å². The fourth-order valence-electron chi connectivity index (χ4n) is 3.75. The summed E-state index contributed by atoms with van der Waals surface area (Å²) in [6.45, 7) is 0.988. The van der Waals surface area contributed by atoms with E-state index in [4.69, 9.17) is 11.6 Å². The molecule has 2 aromatic carbocycles. The fraction of sp³-hybridized carbons (Fsp3) is 0.300. The lowest BCUT2D eigenvalue weighted by Crippen LogP contribution is -2.68. The van der Waals surface area contributed by atoms with Crippen molar-refractivity contribution < 1.29 is 22.8 Å². The third-order valence-corrected chi connectivity index (χ3v) is 5.56. The summed E-state index contributed by atoms with van der Waals surface area (Å²) >= 11 is 5.77. The smallest absolute Gasteiger partial charge is 0.347 e. The van der Waals surface area contributed by atoms with Crippen molar-refractivity contribution in [3.8, 4) is 11.1 Å². The zero-order valence-electron chi connectivity index (χ0n) is 14.6. The van der Waals surface area contributed by atoms with E-state index in [-0.39, 0.29) is 22.4 Å². The lowest BCUT2D eigenvalue weighted by molar-refractivity contribution is -0.137. The Bertz CT molecular complexity index is 951.